The third-order valence-electron chi connectivity index (χ3n) is 5.30. The Hall–Kier alpha value is -1.63. The minimum Gasteiger partial charge on any atom is -0.368 e. The molecule has 1 aromatic carbocycles. The first-order valence-corrected chi connectivity index (χ1v) is 12.2. The van der Waals surface area contributed by atoms with Gasteiger partial charge in [-0.1, -0.05) is 0 Å². The largest absolute Gasteiger partial charge is 0.368 e. The zero-order chi connectivity index (χ0) is 21.6. The predicted octanol–water partition coefficient (Wildman–Crippen LogP) is 1.22. The minimum atomic E-state index is -3.01. The fourth-order valence-electron chi connectivity index (χ4n) is 3.73. The van der Waals surface area contributed by atoms with Crippen LogP contribution in [0.1, 0.15) is 19.8 Å². The number of benzene rings is 1. The second kappa shape index (κ2) is 11.8. The van der Waals surface area contributed by atoms with Crippen molar-refractivity contribution in [2.24, 2.45) is 4.99 Å². The average molecular weight is 567 g/mol. The van der Waals surface area contributed by atoms with E-state index in [-0.39, 0.29) is 59.7 Å². The molecule has 174 valence electrons. The monoisotopic (exact) mass is 567 g/mol. The van der Waals surface area contributed by atoms with E-state index >= 15 is 0 Å². The molecule has 11 heteroatoms. The van der Waals surface area contributed by atoms with Gasteiger partial charge in [0.05, 0.1) is 18.1 Å². The van der Waals surface area contributed by atoms with Gasteiger partial charge < -0.3 is 20.4 Å². The first-order chi connectivity index (χ1) is 14.4. The van der Waals surface area contributed by atoms with Crippen molar-refractivity contribution >= 4 is 51.4 Å². The van der Waals surface area contributed by atoms with Crippen LogP contribution in [0.25, 0.3) is 0 Å². The molecular weight excluding hydrogens is 536 g/mol. The molecular formula is C20H31FIN5O3S. The summed E-state index contributed by atoms with van der Waals surface area (Å²) in [6.45, 7) is 6.20. The molecule has 0 radical (unpaired) electrons. The molecule has 8 nitrogen and oxygen atoms in total. The second-order valence-corrected chi connectivity index (χ2v) is 9.83. The molecule has 2 fully saturated rings. The van der Waals surface area contributed by atoms with Crippen molar-refractivity contribution in [1.29, 1.82) is 0 Å². The van der Waals surface area contributed by atoms with Gasteiger partial charge in [0.15, 0.2) is 15.8 Å². The van der Waals surface area contributed by atoms with Crippen LogP contribution < -0.4 is 15.5 Å². The number of guanidine groups is 1. The predicted molar refractivity (Wildman–Crippen MR) is 131 cm³/mol. The lowest BCUT2D eigenvalue weighted by atomic mass is 10.2. The fraction of sp³-hybridized carbons (Fsp3) is 0.600. The van der Waals surface area contributed by atoms with Crippen LogP contribution in [0.3, 0.4) is 0 Å². The van der Waals surface area contributed by atoms with Crippen LogP contribution in [0.4, 0.5) is 10.1 Å². The number of piperazine rings is 1. The van der Waals surface area contributed by atoms with Crippen LogP contribution in [-0.2, 0) is 14.6 Å². The SMILES string of the molecule is CCNC(=NCCC(=O)NC1CCS(=O)(=O)C1)N1CCN(c2ccc(F)cc2)CC1.I. The number of sulfone groups is 1. The summed E-state index contributed by atoms with van der Waals surface area (Å²) in [6, 6.07) is 6.24. The molecule has 0 spiro atoms. The number of carbonyl (C=O) groups excluding carboxylic acids is 1. The smallest absolute Gasteiger partial charge is 0.222 e. The molecule has 1 amide bonds. The van der Waals surface area contributed by atoms with Gasteiger partial charge in [-0.25, -0.2) is 12.8 Å². The number of hydrogen-bond acceptors (Lipinski definition) is 5. The van der Waals surface area contributed by atoms with Gasteiger partial charge in [-0.05, 0) is 37.6 Å². The number of rotatable bonds is 6. The summed E-state index contributed by atoms with van der Waals surface area (Å²) in [6.07, 6.45) is 0.708. The summed E-state index contributed by atoms with van der Waals surface area (Å²) in [5.41, 5.74) is 1.00. The molecule has 0 bridgehead atoms. The molecule has 2 heterocycles. The minimum absolute atomic E-state index is 0. The van der Waals surface area contributed by atoms with E-state index in [9.17, 15) is 17.6 Å². The first kappa shape index (κ1) is 25.6. The normalized spacial score (nSPS) is 20.8. The molecule has 1 aromatic rings. The highest BCUT2D eigenvalue weighted by atomic mass is 127. The lowest BCUT2D eigenvalue weighted by Crippen LogP contribution is -2.52. The molecule has 2 aliphatic rings. The lowest BCUT2D eigenvalue weighted by molar-refractivity contribution is -0.121. The number of anilines is 1. The number of nitrogens with zero attached hydrogens (tertiary/aromatic N) is 3. The maximum absolute atomic E-state index is 13.1. The van der Waals surface area contributed by atoms with E-state index in [1.54, 1.807) is 12.1 Å². The van der Waals surface area contributed by atoms with Gasteiger partial charge >= 0.3 is 0 Å². The molecule has 0 saturated carbocycles. The molecule has 2 N–H and O–H groups in total. The molecule has 1 unspecified atom stereocenters. The van der Waals surface area contributed by atoms with Crippen molar-refractivity contribution in [2.75, 3.05) is 55.7 Å². The molecule has 31 heavy (non-hydrogen) atoms. The van der Waals surface area contributed by atoms with E-state index in [4.69, 9.17) is 0 Å². The van der Waals surface area contributed by atoms with Crippen LogP contribution in [0.15, 0.2) is 29.3 Å². The summed E-state index contributed by atoms with van der Waals surface area (Å²) >= 11 is 0. The highest BCUT2D eigenvalue weighted by Gasteiger charge is 2.28. The molecule has 0 aromatic heterocycles. The van der Waals surface area contributed by atoms with Crippen molar-refractivity contribution < 1.29 is 17.6 Å². The highest BCUT2D eigenvalue weighted by molar-refractivity contribution is 14.0. The summed E-state index contributed by atoms with van der Waals surface area (Å²) in [5.74, 6) is 0.538. The maximum Gasteiger partial charge on any atom is 0.222 e. The van der Waals surface area contributed by atoms with Gasteiger partial charge in [0.2, 0.25) is 5.91 Å². The fourth-order valence-corrected chi connectivity index (χ4v) is 5.40. The van der Waals surface area contributed by atoms with E-state index < -0.39 is 9.84 Å². The third-order valence-corrected chi connectivity index (χ3v) is 7.07. The average Bonchev–Trinajstić information content (AvgIpc) is 3.06. The summed E-state index contributed by atoms with van der Waals surface area (Å²) < 4.78 is 36.1. The molecule has 1 atom stereocenters. The third kappa shape index (κ3) is 7.78. The highest BCUT2D eigenvalue weighted by Crippen LogP contribution is 2.17. The molecule has 2 saturated heterocycles. The van der Waals surface area contributed by atoms with Gasteiger partial charge in [-0.15, -0.1) is 24.0 Å². The van der Waals surface area contributed by atoms with E-state index in [0.29, 0.717) is 13.0 Å². The Bertz CT molecular complexity index is 858. The van der Waals surface area contributed by atoms with Gasteiger partial charge in [0, 0.05) is 50.9 Å². The van der Waals surface area contributed by atoms with Crippen molar-refractivity contribution in [3.8, 4) is 0 Å². The number of amides is 1. The maximum atomic E-state index is 13.1. The topological polar surface area (TPSA) is 94.1 Å². The van der Waals surface area contributed by atoms with Gasteiger partial charge in [-0.2, -0.15) is 0 Å². The van der Waals surface area contributed by atoms with Crippen molar-refractivity contribution in [1.82, 2.24) is 15.5 Å². The van der Waals surface area contributed by atoms with Crippen molar-refractivity contribution in [3.05, 3.63) is 30.1 Å². The molecule has 3 rings (SSSR count). The Kier molecular flexibility index (Phi) is 9.79. The van der Waals surface area contributed by atoms with Crippen LogP contribution >= 0.6 is 24.0 Å². The Balaban J connectivity index is 0.00000341. The van der Waals surface area contributed by atoms with E-state index in [2.05, 4.69) is 25.4 Å². The zero-order valence-corrected chi connectivity index (χ0v) is 20.9. The number of halogens is 2. The van der Waals surface area contributed by atoms with Gasteiger partial charge in [0.1, 0.15) is 5.82 Å². The zero-order valence-electron chi connectivity index (χ0n) is 17.7. The van der Waals surface area contributed by atoms with E-state index in [0.717, 1.165) is 44.4 Å². The number of nitrogens with one attached hydrogen (secondary N) is 2. The number of hydrogen-bond donors (Lipinski definition) is 2. The van der Waals surface area contributed by atoms with Crippen LogP contribution in [0.5, 0.6) is 0 Å². The van der Waals surface area contributed by atoms with Crippen molar-refractivity contribution in [2.45, 2.75) is 25.8 Å². The van der Waals surface area contributed by atoms with Crippen LogP contribution in [0, 0.1) is 5.82 Å². The first-order valence-electron chi connectivity index (χ1n) is 10.4. The van der Waals surface area contributed by atoms with E-state index in [1.165, 1.54) is 12.1 Å². The number of carbonyl (C=O) groups is 1. The lowest BCUT2D eigenvalue weighted by Gasteiger charge is -2.37. The quantitative estimate of drug-likeness (QED) is 0.305. The van der Waals surface area contributed by atoms with Crippen molar-refractivity contribution in [3.63, 3.8) is 0 Å². The molecule has 0 aliphatic carbocycles. The van der Waals surface area contributed by atoms with Crippen LogP contribution in [-0.4, -0.2) is 82.0 Å². The summed E-state index contributed by atoms with van der Waals surface area (Å²) in [7, 11) is -3.01. The summed E-state index contributed by atoms with van der Waals surface area (Å²) in [5, 5.41) is 6.06. The van der Waals surface area contributed by atoms with Gasteiger partial charge in [0.25, 0.3) is 0 Å². The second-order valence-electron chi connectivity index (χ2n) is 7.60. The Morgan fingerprint density at radius 3 is 2.45 bits per heavy atom. The number of aliphatic imine (C=N–C) groups is 1. The Labute approximate surface area is 200 Å². The molecule has 2 aliphatic heterocycles. The van der Waals surface area contributed by atoms with Crippen LogP contribution in [0.2, 0.25) is 0 Å². The standard InChI is InChI=1S/C20H30FN5O3S.HI/c1-2-22-20(23-9-7-19(27)24-17-8-14-30(28,29)15-17)26-12-10-25(11-13-26)18-5-3-16(21)4-6-18;/h3-6,17H,2,7-15H2,1H3,(H,22,23)(H,24,27);1H. The van der Waals surface area contributed by atoms with Gasteiger partial charge in [-0.3, -0.25) is 9.79 Å². The van der Waals surface area contributed by atoms with E-state index in [1.807, 2.05) is 6.92 Å². The Morgan fingerprint density at radius 1 is 1.19 bits per heavy atom. The summed E-state index contributed by atoms with van der Waals surface area (Å²) in [4.78, 5) is 21.0. The Morgan fingerprint density at radius 2 is 1.87 bits per heavy atom.